The van der Waals surface area contributed by atoms with Crippen molar-refractivity contribution in [1.29, 1.82) is 0 Å². The predicted molar refractivity (Wildman–Crippen MR) is 44.5 cm³/mol. The minimum atomic E-state index is -0.455. The van der Waals surface area contributed by atoms with Gasteiger partial charge >= 0.3 is 0 Å². The number of nitrogens with zero attached hydrogens (tertiary/aromatic N) is 1. The molecule has 0 amide bonds. The smallest absolute Gasteiger partial charge is 0.213 e. The molecule has 0 aromatic carbocycles. The Labute approximate surface area is 74.9 Å². The standard InChI is InChI=1S/C6H4Br2FN/c7-3-4-1-5(8)10-6(9)2-4/h1-2H,3H2. The van der Waals surface area contributed by atoms with E-state index in [1.807, 2.05) is 0 Å². The fourth-order valence-electron chi connectivity index (χ4n) is 0.591. The van der Waals surface area contributed by atoms with Gasteiger partial charge in [-0.05, 0) is 33.6 Å². The average molecular weight is 269 g/mol. The van der Waals surface area contributed by atoms with Crippen molar-refractivity contribution in [1.82, 2.24) is 4.98 Å². The molecule has 0 aliphatic heterocycles. The SMILES string of the molecule is Fc1cc(CBr)cc(Br)n1. The first kappa shape index (κ1) is 8.14. The monoisotopic (exact) mass is 267 g/mol. The Morgan fingerprint density at radius 3 is 2.70 bits per heavy atom. The second kappa shape index (κ2) is 3.44. The van der Waals surface area contributed by atoms with Crippen LogP contribution in [0.5, 0.6) is 0 Å². The summed E-state index contributed by atoms with van der Waals surface area (Å²) in [6.45, 7) is 0. The van der Waals surface area contributed by atoms with Crippen molar-refractivity contribution >= 4 is 31.9 Å². The Hall–Kier alpha value is 0.0400. The van der Waals surface area contributed by atoms with E-state index in [-0.39, 0.29) is 0 Å². The molecule has 0 N–H and O–H groups in total. The lowest BCUT2D eigenvalue weighted by molar-refractivity contribution is 0.579. The zero-order valence-electron chi connectivity index (χ0n) is 4.94. The van der Waals surface area contributed by atoms with Gasteiger partial charge in [0.2, 0.25) is 5.95 Å². The van der Waals surface area contributed by atoms with Gasteiger partial charge in [0.25, 0.3) is 0 Å². The van der Waals surface area contributed by atoms with Crippen LogP contribution in [-0.4, -0.2) is 4.98 Å². The second-order valence-corrected chi connectivity index (χ2v) is 3.13. The number of pyridine rings is 1. The zero-order valence-corrected chi connectivity index (χ0v) is 8.11. The molecule has 1 nitrogen and oxygen atoms in total. The van der Waals surface area contributed by atoms with Crippen LogP contribution in [0.15, 0.2) is 16.7 Å². The molecule has 10 heavy (non-hydrogen) atoms. The lowest BCUT2D eigenvalue weighted by Gasteiger charge is -1.95. The second-order valence-electron chi connectivity index (χ2n) is 1.75. The predicted octanol–water partition coefficient (Wildman–Crippen LogP) is 2.88. The highest BCUT2D eigenvalue weighted by molar-refractivity contribution is 9.10. The summed E-state index contributed by atoms with van der Waals surface area (Å²) in [7, 11) is 0. The maximum atomic E-state index is 12.5. The first-order chi connectivity index (χ1) is 4.72. The number of alkyl halides is 1. The van der Waals surface area contributed by atoms with Crippen molar-refractivity contribution in [3.8, 4) is 0 Å². The third kappa shape index (κ3) is 2.02. The van der Waals surface area contributed by atoms with E-state index in [0.29, 0.717) is 9.93 Å². The molecule has 0 aliphatic rings. The van der Waals surface area contributed by atoms with Crippen LogP contribution in [0, 0.1) is 5.95 Å². The van der Waals surface area contributed by atoms with E-state index in [4.69, 9.17) is 0 Å². The molecule has 0 aliphatic carbocycles. The van der Waals surface area contributed by atoms with E-state index >= 15 is 0 Å². The Balaban J connectivity index is 3.06. The maximum Gasteiger partial charge on any atom is 0.214 e. The summed E-state index contributed by atoms with van der Waals surface area (Å²) < 4.78 is 13.0. The maximum absolute atomic E-state index is 12.5. The van der Waals surface area contributed by atoms with Crippen LogP contribution in [0.25, 0.3) is 0 Å². The molecule has 0 radical (unpaired) electrons. The molecule has 0 spiro atoms. The molecule has 1 aromatic heterocycles. The number of aromatic nitrogens is 1. The minimum absolute atomic E-state index is 0.455. The van der Waals surface area contributed by atoms with Crippen LogP contribution >= 0.6 is 31.9 Å². The third-order valence-electron chi connectivity index (χ3n) is 0.977. The van der Waals surface area contributed by atoms with E-state index in [1.54, 1.807) is 6.07 Å². The summed E-state index contributed by atoms with van der Waals surface area (Å²) in [5.41, 5.74) is 0.874. The third-order valence-corrected chi connectivity index (χ3v) is 2.03. The Morgan fingerprint density at radius 1 is 1.50 bits per heavy atom. The van der Waals surface area contributed by atoms with Crippen LogP contribution in [0.2, 0.25) is 0 Å². The van der Waals surface area contributed by atoms with Gasteiger partial charge in [0, 0.05) is 5.33 Å². The molecule has 1 aromatic rings. The summed E-state index contributed by atoms with van der Waals surface area (Å²) in [5, 5.41) is 0.644. The highest BCUT2D eigenvalue weighted by atomic mass is 79.9. The van der Waals surface area contributed by atoms with Crippen molar-refractivity contribution in [3.05, 3.63) is 28.2 Å². The fraction of sp³-hybridized carbons (Fsp3) is 0.167. The molecule has 0 bridgehead atoms. The zero-order chi connectivity index (χ0) is 7.56. The van der Waals surface area contributed by atoms with Gasteiger partial charge in [-0.2, -0.15) is 4.39 Å². The molecule has 0 atom stereocenters. The van der Waals surface area contributed by atoms with Gasteiger partial charge in [-0.25, -0.2) is 4.98 Å². The van der Waals surface area contributed by atoms with E-state index in [0.717, 1.165) is 5.56 Å². The summed E-state index contributed by atoms with van der Waals surface area (Å²) in [6.07, 6.45) is 0. The van der Waals surface area contributed by atoms with Crippen molar-refractivity contribution < 1.29 is 4.39 Å². The summed E-state index contributed by atoms with van der Waals surface area (Å²) in [5.74, 6) is -0.455. The van der Waals surface area contributed by atoms with Crippen LogP contribution in [0.3, 0.4) is 0 Å². The van der Waals surface area contributed by atoms with Crippen molar-refractivity contribution in [2.75, 3.05) is 0 Å². The molecular formula is C6H4Br2FN. The highest BCUT2D eigenvalue weighted by Gasteiger charge is 1.97. The van der Waals surface area contributed by atoms with Crippen molar-refractivity contribution in [2.45, 2.75) is 5.33 Å². The number of hydrogen-bond donors (Lipinski definition) is 0. The van der Waals surface area contributed by atoms with Crippen LogP contribution < -0.4 is 0 Å². The topological polar surface area (TPSA) is 12.9 Å². The molecule has 0 fully saturated rings. The molecule has 1 rings (SSSR count). The number of rotatable bonds is 1. The Bertz CT molecular complexity index is 219. The molecule has 1 heterocycles. The average Bonchev–Trinajstić information content (AvgIpc) is 1.85. The normalized spacial score (nSPS) is 9.90. The largest absolute Gasteiger partial charge is 0.214 e. The quantitative estimate of drug-likeness (QED) is 0.564. The first-order valence-electron chi connectivity index (χ1n) is 2.60. The molecule has 0 saturated carbocycles. The van der Waals surface area contributed by atoms with Gasteiger partial charge in [-0.3, -0.25) is 0 Å². The minimum Gasteiger partial charge on any atom is -0.213 e. The summed E-state index contributed by atoms with van der Waals surface area (Å²) in [6, 6.07) is 3.15. The summed E-state index contributed by atoms with van der Waals surface area (Å²) in [4.78, 5) is 3.51. The van der Waals surface area contributed by atoms with Gasteiger partial charge in [-0.1, -0.05) is 15.9 Å². The number of hydrogen-bond acceptors (Lipinski definition) is 1. The Kier molecular flexibility index (Phi) is 2.80. The van der Waals surface area contributed by atoms with Gasteiger partial charge in [-0.15, -0.1) is 0 Å². The molecule has 0 saturated heterocycles. The number of halogens is 3. The Morgan fingerprint density at radius 2 is 2.20 bits per heavy atom. The van der Waals surface area contributed by atoms with Crippen molar-refractivity contribution in [3.63, 3.8) is 0 Å². The van der Waals surface area contributed by atoms with E-state index < -0.39 is 5.95 Å². The van der Waals surface area contributed by atoms with Gasteiger partial charge in [0.1, 0.15) is 4.60 Å². The molecule has 4 heteroatoms. The van der Waals surface area contributed by atoms with Gasteiger partial charge in [0.15, 0.2) is 0 Å². The van der Waals surface area contributed by atoms with Gasteiger partial charge < -0.3 is 0 Å². The van der Waals surface area contributed by atoms with E-state index in [9.17, 15) is 4.39 Å². The molecule has 0 unspecified atom stereocenters. The lowest BCUT2D eigenvalue weighted by Crippen LogP contribution is -1.86. The summed E-state index contributed by atoms with van der Waals surface area (Å²) >= 11 is 6.29. The van der Waals surface area contributed by atoms with Gasteiger partial charge in [0.05, 0.1) is 0 Å². The van der Waals surface area contributed by atoms with Crippen LogP contribution in [-0.2, 0) is 5.33 Å². The van der Waals surface area contributed by atoms with Crippen LogP contribution in [0.4, 0.5) is 4.39 Å². The van der Waals surface area contributed by atoms with E-state index in [1.165, 1.54) is 6.07 Å². The lowest BCUT2D eigenvalue weighted by atomic mass is 10.3. The highest BCUT2D eigenvalue weighted by Crippen LogP contribution is 2.12. The van der Waals surface area contributed by atoms with E-state index in [2.05, 4.69) is 36.8 Å². The first-order valence-corrected chi connectivity index (χ1v) is 4.52. The van der Waals surface area contributed by atoms with Crippen LogP contribution in [0.1, 0.15) is 5.56 Å². The molecular weight excluding hydrogens is 265 g/mol. The molecule has 54 valence electrons. The van der Waals surface area contributed by atoms with Crippen molar-refractivity contribution in [2.24, 2.45) is 0 Å². The fourth-order valence-corrected chi connectivity index (χ4v) is 1.38.